The zero-order valence-electron chi connectivity index (χ0n) is 10.0. The highest BCUT2D eigenvalue weighted by Gasteiger charge is 2.19. The van der Waals surface area contributed by atoms with Gasteiger partial charge in [-0.05, 0) is 24.6 Å². The molecule has 0 radical (unpaired) electrons. The fourth-order valence-electron chi connectivity index (χ4n) is 2.32. The number of hydrogen-bond acceptors (Lipinski definition) is 2. The maximum atomic E-state index is 13.3. The van der Waals surface area contributed by atoms with Crippen LogP contribution >= 0.6 is 11.6 Å². The van der Waals surface area contributed by atoms with Gasteiger partial charge in [-0.15, -0.1) is 0 Å². The van der Waals surface area contributed by atoms with E-state index < -0.39 is 0 Å². The third kappa shape index (κ3) is 3.33. The number of halogens is 2. The molecule has 1 saturated heterocycles. The van der Waals surface area contributed by atoms with Crippen LogP contribution in [0, 0.1) is 5.82 Å². The zero-order chi connectivity index (χ0) is 12.3. The standard InChI is InChI=1S/C13H18ClFN2/c1-2-3-12-9-17(5-4-16-12)13-7-10(14)6-11(15)8-13/h6-8,12,16H,2-5,9H2,1H3. The van der Waals surface area contributed by atoms with Crippen molar-refractivity contribution in [1.82, 2.24) is 5.32 Å². The number of nitrogens with zero attached hydrogens (tertiary/aromatic N) is 1. The van der Waals surface area contributed by atoms with Crippen LogP contribution in [0.3, 0.4) is 0 Å². The molecule has 1 atom stereocenters. The van der Waals surface area contributed by atoms with E-state index in [-0.39, 0.29) is 5.82 Å². The van der Waals surface area contributed by atoms with Gasteiger partial charge >= 0.3 is 0 Å². The van der Waals surface area contributed by atoms with E-state index in [0.29, 0.717) is 11.1 Å². The molecule has 1 aliphatic rings. The SMILES string of the molecule is CCCC1CN(c2cc(F)cc(Cl)c2)CCN1. The average molecular weight is 257 g/mol. The minimum Gasteiger partial charge on any atom is -0.369 e. The molecule has 1 aromatic rings. The second-order valence-electron chi connectivity index (χ2n) is 4.51. The van der Waals surface area contributed by atoms with Crippen LogP contribution in [0.4, 0.5) is 10.1 Å². The highest BCUT2D eigenvalue weighted by atomic mass is 35.5. The molecule has 17 heavy (non-hydrogen) atoms. The molecule has 0 bridgehead atoms. The summed E-state index contributed by atoms with van der Waals surface area (Å²) in [6.45, 7) is 4.95. The number of rotatable bonds is 3. The molecule has 1 fully saturated rings. The Bertz CT molecular complexity index is 361. The molecule has 1 N–H and O–H groups in total. The van der Waals surface area contributed by atoms with Crippen molar-refractivity contribution in [1.29, 1.82) is 0 Å². The fraction of sp³-hybridized carbons (Fsp3) is 0.538. The van der Waals surface area contributed by atoms with Crippen molar-refractivity contribution < 1.29 is 4.39 Å². The summed E-state index contributed by atoms with van der Waals surface area (Å²) in [6, 6.07) is 5.23. The highest BCUT2D eigenvalue weighted by Crippen LogP contribution is 2.23. The lowest BCUT2D eigenvalue weighted by Crippen LogP contribution is -2.50. The molecule has 0 aromatic heterocycles. The Labute approximate surface area is 107 Å². The Balaban J connectivity index is 2.10. The number of piperazine rings is 1. The monoisotopic (exact) mass is 256 g/mol. The van der Waals surface area contributed by atoms with Gasteiger partial charge in [0.2, 0.25) is 0 Å². The van der Waals surface area contributed by atoms with Gasteiger partial charge in [-0.25, -0.2) is 4.39 Å². The quantitative estimate of drug-likeness (QED) is 0.894. The smallest absolute Gasteiger partial charge is 0.126 e. The summed E-state index contributed by atoms with van der Waals surface area (Å²) in [5.74, 6) is -0.266. The van der Waals surface area contributed by atoms with E-state index in [1.54, 1.807) is 6.07 Å². The third-order valence-corrected chi connectivity index (χ3v) is 3.32. The van der Waals surface area contributed by atoms with Crippen LogP contribution in [0.25, 0.3) is 0 Å². The molecule has 2 nitrogen and oxygen atoms in total. The molecule has 1 unspecified atom stereocenters. The first-order valence-electron chi connectivity index (χ1n) is 6.13. The summed E-state index contributed by atoms with van der Waals surface area (Å²) >= 11 is 5.88. The van der Waals surface area contributed by atoms with Gasteiger partial charge in [0, 0.05) is 36.4 Å². The predicted molar refractivity (Wildman–Crippen MR) is 70.3 cm³/mol. The van der Waals surface area contributed by atoms with Gasteiger partial charge in [0.25, 0.3) is 0 Å². The summed E-state index contributed by atoms with van der Waals surface area (Å²) < 4.78 is 13.3. The lowest BCUT2D eigenvalue weighted by atomic mass is 10.1. The first kappa shape index (κ1) is 12.7. The van der Waals surface area contributed by atoms with Crippen LogP contribution in [0.2, 0.25) is 5.02 Å². The summed E-state index contributed by atoms with van der Waals surface area (Å²) in [4.78, 5) is 2.20. The predicted octanol–water partition coefficient (Wildman–Crippen LogP) is 3.06. The average Bonchev–Trinajstić information content (AvgIpc) is 2.28. The summed E-state index contributed by atoms with van der Waals surface area (Å²) in [5.41, 5.74) is 0.887. The minimum atomic E-state index is -0.266. The van der Waals surface area contributed by atoms with E-state index >= 15 is 0 Å². The van der Waals surface area contributed by atoms with E-state index in [4.69, 9.17) is 11.6 Å². The highest BCUT2D eigenvalue weighted by molar-refractivity contribution is 6.30. The van der Waals surface area contributed by atoms with Gasteiger partial charge in [0.05, 0.1) is 0 Å². The lowest BCUT2D eigenvalue weighted by molar-refractivity contribution is 0.430. The van der Waals surface area contributed by atoms with Gasteiger partial charge in [-0.2, -0.15) is 0 Å². The number of hydrogen-bond donors (Lipinski definition) is 1. The molecule has 0 aliphatic carbocycles. The van der Waals surface area contributed by atoms with Crippen LogP contribution in [0.15, 0.2) is 18.2 Å². The Morgan fingerprint density at radius 1 is 1.47 bits per heavy atom. The Kier molecular flexibility index (Phi) is 4.24. The van der Waals surface area contributed by atoms with Gasteiger partial charge in [0.15, 0.2) is 0 Å². The minimum absolute atomic E-state index is 0.266. The number of anilines is 1. The molecule has 1 aliphatic heterocycles. The molecule has 1 aromatic carbocycles. The third-order valence-electron chi connectivity index (χ3n) is 3.11. The van der Waals surface area contributed by atoms with Crippen molar-refractivity contribution in [2.75, 3.05) is 24.5 Å². The largest absolute Gasteiger partial charge is 0.369 e. The van der Waals surface area contributed by atoms with Crippen molar-refractivity contribution in [3.8, 4) is 0 Å². The van der Waals surface area contributed by atoms with Gasteiger partial charge in [-0.1, -0.05) is 24.9 Å². The normalized spacial score (nSPS) is 20.6. The second kappa shape index (κ2) is 5.69. The molecule has 94 valence electrons. The topological polar surface area (TPSA) is 15.3 Å². The molecule has 1 heterocycles. The van der Waals surface area contributed by atoms with Crippen LogP contribution < -0.4 is 10.2 Å². The first-order chi connectivity index (χ1) is 8.19. The Morgan fingerprint density at radius 2 is 2.29 bits per heavy atom. The molecular formula is C13H18ClFN2. The van der Waals surface area contributed by atoms with Crippen molar-refractivity contribution in [3.63, 3.8) is 0 Å². The summed E-state index contributed by atoms with van der Waals surface area (Å²) in [6.07, 6.45) is 2.31. The molecule has 0 saturated carbocycles. The number of benzene rings is 1. The summed E-state index contributed by atoms with van der Waals surface area (Å²) in [5, 5.41) is 3.94. The maximum Gasteiger partial charge on any atom is 0.126 e. The molecule has 0 spiro atoms. The summed E-state index contributed by atoms with van der Waals surface area (Å²) in [7, 11) is 0. The molecular weight excluding hydrogens is 239 g/mol. The zero-order valence-corrected chi connectivity index (χ0v) is 10.8. The van der Waals surface area contributed by atoms with Gasteiger partial charge < -0.3 is 10.2 Å². The Hall–Kier alpha value is -0.800. The van der Waals surface area contributed by atoms with E-state index in [0.717, 1.165) is 38.2 Å². The van der Waals surface area contributed by atoms with Crippen LogP contribution in [0.5, 0.6) is 0 Å². The molecule has 0 amide bonds. The second-order valence-corrected chi connectivity index (χ2v) is 4.95. The fourth-order valence-corrected chi connectivity index (χ4v) is 2.54. The van der Waals surface area contributed by atoms with Crippen LogP contribution in [-0.4, -0.2) is 25.7 Å². The van der Waals surface area contributed by atoms with Gasteiger partial charge in [0.1, 0.15) is 5.82 Å². The maximum absolute atomic E-state index is 13.3. The van der Waals surface area contributed by atoms with Crippen LogP contribution in [-0.2, 0) is 0 Å². The molecule has 4 heteroatoms. The van der Waals surface area contributed by atoms with Crippen molar-refractivity contribution in [2.45, 2.75) is 25.8 Å². The Morgan fingerprint density at radius 3 is 3.00 bits per heavy atom. The van der Waals surface area contributed by atoms with Crippen molar-refractivity contribution >= 4 is 17.3 Å². The van der Waals surface area contributed by atoms with E-state index in [1.165, 1.54) is 6.07 Å². The van der Waals surface area contributed by atoms with Crippen molar-refractivity contribution in [3.05, 3.63) is 29.0 Å². The number of nitrogens with one attached hydrogen (secondary N) is 1. The van der Waals surface area contributed by atoms with E-state index in [1.807, 2.05) is 6.07 Å². The van der Waals surface area contributed by atoms with Crippen LogP contribution in [0.1, 0.15) is 19.8 Å². The van der Waals surface area contributed by atoms with Crippen molar-refractivity contribution in [2.24, 2.45) is 0 Å². The molecule has 2 rings (SSSR count). The lowest BCUT2D eigenvalue weighted by Gasteiger charge is -2.35. The van der Waals surface area contributed by atoms with Gasteiger partial charge in [-0.3, -0.25) is 0 Å². The first-order valence-corrected chi connectivity index (χ1v) is 6.51. The van der Waals surface area contributed by atoms with E-state index in [2.05, 4.69) is 17.1 Å². The van der Waals surface area contributed by atoms with E-state index in [9.17, 15) is 4.39 Å².